The summed E-state index contributed by atoms with van der Waals surface area (Å²) in [5, 5.41) is 84.6. The van der Waals surface area contributed by atoms with Crippen LogP contribution in [0, 0.1) is 0 Å². The molecule has 0 bridgehead atoms. The molecule has 2 aromatic heterocycles. The molecule has 1 N–H and O–H groups in total. The van der Waals surface area contributed by atoms with Crippen LogP contribution in [0.1, 0.15) is 0 Å². The summed E-state index contributed by atoms with van der Waals surface area (Å²) >= 11 is 1.81. The minimum atomic E-state index is -0.0472. The molecule has 0 atom stereocenters. The van der Waals surface area contributed by atoms with Gasteiger partial charge in [-0.1, -0.05) is 0 Å². The maximum Gasteiger partial charge on any atom is 0.262 e. The minimum Gasteiger partial charge on any atom is -0.508 e. The Balaban J connectivity index is 1.17. The Morgan fingerprint density at radius 1 is 0.301 bits per heavy atom. The fourth-order valence-corrected chi connectivity index (χ4v) is 24.0. The monoisotopic (exact) mass is 921 g/mol. The van der Waals surface area contributed by atoms with Gasteiger partial charge < -0.3 is 9.84 Å². The molecule has 2 heterocycles. The first kappa shape index (κ1) is 28.5. The lowest BCUT2D eigenvalue weighted by atomic mass is 9.84. The summed E-state index contributed by atoms with van der Waals surface area (Å²) < 4.78 is 11.1. The Morgan fingerprint density at radius 2 is 0.562 bits per heavy atom. The summed E-state index contributed by atoms with van der Waals surface area (Å²) in [5.74, 6) is 0.769. The van der Waals surface area contributed by atoms with Gasteiger partial charge in [0.05, 0.1) is 15.6 Å². The van der Waals surface area contributed by atoms with E-state index >= 15 is 9.59 Å². The molecule has 5 nitrogen and oxygen atoms in total. The van der Waals surface area contributed by atoms with Crippen molar-refractivity contribution < 1.29 is 9.84 Å². The van der Waals surface area contributed by atoms with E-state index in [9.17, 15) is 5.11 Å². The second-order valence-corrected chi connectivity index (χ2v) is 25.6. The van der Waals surface area contributed by atoms with Crippen LogP contribution in [0.5, 0.6) is 11.5 Å². The first-order chi connectivity index (χ1) is 36.2. The SMILES string of the molecule is O=c1c2c3sc4c5c6c3c3c7c2c2c1c1c8c9c(=O)n(COc%10ccc(O)cc%10)c4c4c9c9c%10c8c8c1c1c2c2c7c7c3c3c6c6c%11c5c4c4c9c5c%10c9c8c8c1c2c1c7c2c3c6c3c6c(c5c3c%114)c9c8c1c26. The third-order valence-electron chi connectivity index (χ3n) is 23.5. The normalized spacial score (nSPS) is 16.4. The molecule has 31 aromatic rings. The zero-order valence-corrected chi connectivity index (χ0v) is 37.4. The largest absolute Gasteiger partial charge is 0.508 e. The Kier molecular flexibility index (Phi) is 2.67. The van der Waals surface area contributed by atoms with E-state index in [2.05, 4.69) is 0 Å². The Hall–Kier alpha value is -9.36. The number of pyridine rings is 1. The fraction of sp³-hybridized carbons (Fsp3) is 0.0149. The minimum absolute atomic E-state index is 0.00142. The third-order valence-corrected chi connectivity index (χ3v) is 24.7. The van der Waals surface area contributed by atoms with Gasteiger partial charge in [-0.2, -0.15) is 0 Å². The number of hydrogen-bond acceptors (Lipinski definition) is 5. The van der Waals surface area contributed by atoms with Crippen LogP contribution in [-0.4, -0.2) is 9.67 Å². The number of nitrogens with zero attached hydrogens (tertiary/aromatic N) is 1. The summed E-state index contributed by atoms with van der Waals surface area (Å²) in [6.07, 6.45) is 0. The highest BCUT2D eigenvalue weighted by Gasteiger charge is 2.49. The maximum absolute atomic E-state index is 17.1. The molecule has 310 valence electrons. The Morgan fingerprint density at radius 3 is 0.932 bits per heavy atom. The lowest BCUT2D eigenvalue weighted by Gasteiger charge is -2.23. The molecule has 0 spiro atoms. The highest BCUT2D eigenvalue weighted by Crippen LogP contribution is 2.78. The van der Waals surface area contributed by atoms with Crippen LogP contribution in [0.4, 0.5) is 0 Å². The van der Waals surface area contributed by atoms with Crippen molar-refractivity contribution >= 4 is 322 Å². The van der Waals surface area contributed by atoms with Gasteiger partial charge in [0.25, 0.3) is 5.56 Å². The summed E-state index contributed by atoms with van der Waals surface area (Å²) in [4.78, 5) is 34.0. The van der Waals surface area contributed by atoms with Crippen LogP contribution < -0.4 is 15.7 Å². The topological polar surface area (TPSA) is 68.5 Å². The van der Waals surface area contributed by atoms with Crippen molar-refractivity contribution in [1.29, 1.82) is 0 Å². The van der Waals surface area contributed by atoms with Crippen molar-refractivity contribution in [3.05, 3.63) is 44.8 Å². The highest BCUT2D eigenvalue weighted by atomic mass is 32.1. The number of aromatic hydroxyl groups is 1. The first-order valence-corrected chi connectivity index (χ1v) is 26.7. The van der Waals surface area contributed by atoms with Crippen molar-refractivity contribution in [3.8, 4) is 11.5 Å². The van der Waals surface area contributed by atoms with E-state index in [1.54, 1.807) is 35.6 Å². The zero-order chi connectivity index (χ0) is 44.3. The van der Waals surface area contributed by atoms with Gasteiger partial charge in [-0.25, -0.2) is 0 Å². The van der Waals surface area contributed by atoms with Crippen LogP contribution in [0.25, 0.3) is 311 Å². The van der Waals surface area contributed by atoms with E-state index < -0.39 is 0 Å². The van der Waals surface area contributed by atoms with E-state index in [-0.39, 0.29) is 23.5 Å². The molecule has 0 aliphatic heterocycles. The molecule has 0 radical (unpaired) electrons. The van der Waals surface area contributed by atoms with Crippen molar-refractivity contribution in [1.82, 2.24) is 4.57 Å². The molecule has 0 aliphatic carbocycles. The van der Waals surface area contributed by atoms with Gasteiger partial charge in [-0.15, -0.1) is 11.3 Å². The molecule has 73 heavy (non-hydrogen) atoms. The van der Waals surface area contributed by atoms with E-state index in [1.165, 1.54) is 259 Å². The summed E-state index contributed by atoms with van der Waals surface area (Å²) in [7, 11) is 0. The number of ether oxygens (including phenoxy) is 1. The first-order valence-electron chi connectivity index (χ1n) is 25.9. The molecule has 0 aliphatic rings. The van der Waals surface area contributed by atoms with Crippen LogP contribution in [-0.2, 0) is 6.73 Å². The highest BCUT2D eigenvalue weighted by molar-refractivity contribution is 7.27. The van der Waals surface area contributed by atoms with Gasteiger partial charge >= 0.3 is 0 Å². The molecule has 0 amide bonds. The van der Waals surface area contributed by atoms with Crippen molar-refractivity contribution in [2.24, 2.45) is 0 Å². The van der Waals surface area contributed by atoms with Crippen LogP contribution in [0.15, 0.2) is 33.9 Å². The second-order valence-electron chi connectivity index (χ2n) is 24.6. The second kappa shape index (κ2) is 6.83. The third kappa shape index (κ3) is 1.72. The number of hydrogen-bond donors (Lipinski definition) is 1. The fourth-order valence-electron chi connectivity index (χ4n) is 22.5. The lowest BCUT2D eigenvalue weighted by molar-refractivity contribution is 0.238. The molecule has 0 fully saturated rings. The van der Waals surface area contributed by atoms with Crippen LogP contribution in [0.3, 0.4) is 0 Å². The van der Waals surface area contributed by atoms with Crippen LogP contribution >= 0.6 is 11.3 Å². The van der Waals surface area contributed by atoms with Gasteiger partial charge in [0, 0.05) is 296 Å². The summed E-state index contributed by atoms with van der Waals surface area (Å²) in [6.45, 7) is 0.00142. The average Bonchev–Trinajstić information content (AvgIpc) is 4.47. The molecule has 0 saturated carbocycles. The van der Waals surface area contributed by atoms with Gasteiger partial charge in [-0.05, 0) is 24.3 Å². The predicted molar refractivity (Wildman–Crippen MR) is 307 cm³/mol. The van der Waals surface area contributed by atoms with Gasteiger partial charge in [0.1, 0.15) is 11.5 Å². The Bertz CT molecular complexity index is 8020. The van der Waals surface area contributed by atoms with Gasteiger partial charge in [0.15, 0.2) is 12.2 Å². The lowest BCUT2D eigenvalue weighted by Crippen LogP contribution is -2.24. The molecule has 29 aromatic carbocycles. The van der Waals surface area contributed by atoms with E-state index in [0.717, 1.165) is 52.6 Å². The molecule has 0 saturated heterocycles. The quantitative estimate of drug-likeness (QED) is 0.142. The van der Waals surface area contributed by atoms with E-state index in [0.29, 0.717) is 5.75 Å². The molecule has 0 unspecified atom stereocenters. The van der Waals surface area contributed by atoms with Gasteiger partial charge in [-0.3, -0.25) is 14.2 Å². The number of aromatic nitrogens is 1. The van der Waals surface area contributed by atoms with Crippen molar-refractivity contribution in [2.75, 3.05) is 0 Å². The number of rotatable bonds is 3. The van der Waals surface area contributed by atoms with E-state index in [1.807, 2.05) is 4.57 Å². The van der Waals surface area contributed by atoms with Crippen molar-refractivity contribution in [2.45, 2.75) is 6.73 Å². The van der Waals surface area contributed by atoms with Crippen molar-refractivity contribution in [3.63, 3.8) is 0 Å². The molecule has 31 rings (SSSR count). The standard InChI is InChI=1S/C67H7NO4S/c69-6-1-3-7(4-2-6)72-5-68-63-57-48-39-32-22-16-10-11-9-8-12-13(10)19-25-18(12)24-20-14(8)21-15(9)26-27(17(11)22)37-43(32)52(48)60-56-46(37)36(26)42-30(21)31-29(20)41-34(24)40-35(25)44-38-28(19)23(16)33(39)45(38)55(57)61(67(68)71)53(44)49(40)58-50(41)54-47(31)51(42)59(56)65(73-66(60)63)62(54)64(58)70/h1-4,69H,5H2. The number of benzene rings is 19. The zero-order valence-electron chi connectivity index (χ0n) is 36.5. The number of fused-ring (bicyclic) bond motifs is 5. The predicted octanol–water partition coefficient (Wildman–Crippen LogP) is 17.6. The van der Waals surface area contributed by atoms with Gasteiger partial charge in [0.2, 0.25) is 0 Å². The number of phenols is 1. The Labute approximate surface area is 397 Å². The van der Waals surface area contributed by atoms with E-state index in [4.69, 9.17) is 4.74 Å². The maximum atomic E-state index is 17.1. The molecular formula is C67H7NO4S. The van der Waals surface area contributed by atoms with Crippen LogP contribution in [0.2, 0.25) is 0 Å². The summed E-state index contributed by atoms with van der Waals surface area (Å²) in [5.41, 5.74) is 1.05. The smallest absolute Gasteiger partial charge is 0.262 e. The molecular weight excluding hydrogens is 915 g/mol. The molecule has 6 heteroatoms. The average molecular weight is 922 g/mol. The summed E-state index contributed by atoms with van der Waals surface area (Å²) in [6, 6.07) is 6.92. The number of phenolic OH excluding ortho intramolecular Hbond substituents is 1.